The topological polar surface area (TPSA) is 82.6 Å². The van der Waals surface area contributed by atoms with Crippen LogP contribution in [0.5, 0.6) is 0 Å². The Hall–Kier alpha value is -3.38. The Morgan fingerprint density at radius 2 is 1.69 bits per heavy atom. The van der Waals surface area contributed by atoms with Crippen LogP contribution in [0.15, 0.2) is 83.8 Å². The Morgan fingerprint density at radius 1 is 1.03 bits per heavy atom. The van der Waals surface area contributed by atoms with Gasteiger partial charge in [0.25, 0.3) is 0 Å². The van der Waals surface area contributed by atoms with Gasteiger partial charge in [0.2, 0.25) is 5.56 Å². The molecule has 4 rings (SSSR count). The lowest BCUT2D eigenvalue weighted by Gasteiger charge is -2.35. The quantitative estimate of drug-likeness (QED) is 0.585. The average Bonchev–Trinajstić information content (AvgIpc) is 2.84. The van der Waals surface area contributed by atoms with Crippen molar-refractivity contribution in [2.45, 2.75) is 38.3 Å². The molecular formula is C26H30N2O4. The van der Waals surface area contributed by atoms with Gasteiger partial charge >= 0.3 is 6.09 Å². The van der Waals surface area contributed by atoms with Crippen LogP contribution in [0.1, 0.15) is 37.8 Å². The van der Waals surface area contributed by atoms with Gasteiger partial charge in [-0.1, -0.05) is 60.7 Å². The zero-order valence-corrected chi connectivity index (χ0v) is 18.3. The summed E-state index contributed by atoms with van der Waals surface area (Å²) in [6.07, 6.45) is 3.36. The maximum Gasteiger partial charge on any atom is 0.410 e. The predicted molar refractivity (Wildman–Crippen MR) is 125 cm³/mol. The molecule has 2 atom stereocenters. The molecule has 0 spiro atoms. The number of hydrogen-bond donors (Lipinski definition) is 2. The number of cyclic esters (lactones) is 1. The molecule has 0 saturated carbocycles. The Labute approximate surface area is 188 Å². The highest BCUT2D eigenvalue weighted by molar-refractivity contribution is 5.69. The van der Waals surface area contributed by atoms with E-state index in [4.69, 9.17) is 9.84 Å². The van der Waals surface area contributed by atoms with Crippen molar-refractivity contribution in [2.75, 3.05) is 13.2 Å². The Kier molecular flexibility index (Phi) is 8.63. The number of nitrogens with zero attached hydrogens (tertiary/aromatic N) is 1. The lowest BCUT2D eigenvalue weighted by molar-refractivity contribution is 0.00760. The summed E-state index contributed by atoms with van der Waals surface area (Å²) in [5.74, 6) is 0. The lowest BCUT2D eigenvalue weighted by Crippen LogP contribution is -2.43. The molecule has 6 nitrogen and oxygen atoms in total. The molecule has 6 heteroatoms. The fourth-order valence-corrected chi connectivity index (χ4v) is 3.66. The summed E-state index contributed by atoms with van der Waals surface area (Å²) >= 11 is 0. The van der Waals surface area contributed by atoms with Gasteiger partial charge in [-0.15, -0.1) is 0 Å². The van der Waals surface area contributed by atoms with Crippen LogP contribution >= 0.6 is 0 Å². The summed E-state index contributed by atoms with van der Waals surface area (Å²) in [5, 5.41) is 8.90. The summed E-state index contributed by atoms with van der Waals surface area (Å²) in [4.78, 5) is 28.1. The number of carbonyl (C=O) groups is 1. The second-order valence-corrected chi connectivity index (χ2v) is 7.75. The molecule has 2 aromatic carbocycles. The van der Waals surface area contributed by atoms with Crippen molar-refractivity contribution in [1.29, 1.82) is 0 Å². The van der Waals surface area contributed by atoms with Crippen LogP contribution in [0.25, 0.3) is 11.1 Å². The van der Waals surface area contributed by atoms with Crippen molar-refractivity contribution >= 4 is 6.09 Å². The first kappa shape index (κ1) is 23.3. The first-order valence-corrected chi connectivity index (χ1v) is 11.0. The number of ether oxygens (including phenoxy) is 1. The Bertz CT molecular complexity index is 991. The van der Waals surface area contributed by atoms with E-state index in [0.29, 0.717) is 19.4 Å². The second-order valence-electron chi connectivity index (χ2n) is 7.75. The third-order valence-electron chi connectivity index (χ3n) is 5.51. The van der Waals surface area contributed by atoms with Crippen LogP contribution < -0.4 is 5.56 Å². The molecule has 0 aliphatic carbocycles. The maximum absolute atomic E-state index is 12.3. The van der Waals surface area contributed by atoms with Crippen LogP contribution in [-0.2, 0) is 4.74 Å². The number of rotatable bonds is 6. The largest absolute Gasteiger partial charge is 0.446 e. The monoisotopic (exact) mass is 434 g/mol. The molecule has 32 heavy (non-hydrogen) atoms. The summed E-state index contributed by atoms with van der Waals surface area (Å²) in [6, 6.07) is 23.2. The van der Waals surface area contributed by atoms with E-state index in [1.54, 1.807) is 17.2 Å². The molecule has 1 aliphatic rings. The normalized spacial score (nSPS) is 16.5. The van der Waals surface area contributed by atoms with Crippen LogP contribution in [0.3, 0.4) is 0 Å². The Morgan fingerprint density at radius 3 is 2.25 bits per heavy atom. The third-order valence-corrected chi connectivity index (χ3v) is 5.51. The van der Waals surface area contributed by atoms with Gasteiger partial charge in [0, 0.05) is 31.8 Å². The molecule has 1 aliphatic heterocycles. The molecule has 168 valence electrons. The summed E-state index contributed by atoms with van der Waals surface area (Å²) in [5.41, 5.74) is 2.70. The number of hydrogen-bond acceptors (Lipinski definition) is 4. The van der Waals surface area contributed by atoms with E-state index in [1.807, 2.05) is 73.7 Å². The molecule has 2 N–H and O–H groups in total. The number of H-pyrrole nitrogens is 1. The molecule has 2 heterocycles. The van der Waals surface area contributed by atoms with E-state index in [9.17, 15) is 9.59 Å². The number of carbonyl (C=O) groups excluding carboxylic acids is 1. The molecule has 0 radical (unpaired) electrons. The van der Waals surface area contributed by atoms with Crippen molar-refractivity contribution in [3.05, 3.63) is 94.9 Å². The zero-order chi connectivity index (χ0) is 22.8. The lowest BCUT2D eigenvalue weighted by atomic mass is 10.0. The minimum absolute atomic E-state index is 0.0884. The molecule has 2 unspecified atom stereocenters. The second kappa shape index (κ2) is 11.9. The molecule has 1 aromatic heterocycles. The molecule has 1 fully saturated rings. The van der Waals surface area contributed by atoms with Crippen LogP contribution in [0.4, 0.5) is 4.79 Å². The molecule has 3 aromatic rings. The minimum Gasteiger partial charge on any atom is -0.446 e. The molecular weight excluding hydrogens is 404 g/mol. The fraction of sp³-hybridized carbons (Fsp3) is 0.308. The van der Waals surface area contributed by atoms with E-state index < -0.39 is 0 Å². The highest BCUT2D eigenvalue weighted by Gasteiger charge is 2.30. The minimum atomic E-state index is -0.301. The van der Waals surface area contributed by atoms with Crippen molar-refractivity contribution in [2.24, 2.45) is 0 Å². The van der Waals surface area contributed by atoms with Crippen LogP contribution in [0.2, 0.25) is 0 Å². The van der Waals surface area contributed by atoms with Crippen molar-refractivity contribution in [3.8, 4) is 11.1 Å². The van der Waals surface area contributed by atoms with Gasteiger partial charge in [0.15, 0.2) is 0 Å². The number of benzene rings is 2. The first-order valence-electron chi connectivity index (χ1n) is 11.0. The van der Waals surface area contributed by atoms with Gasteiger partial charge in [-0.3, -0.25) is 4.79 Å². The van der Waals surface area contributed by atoms with Crippen LogP contribution in [0, 0.1) is 0 Å². The van der Waals surface area contributed by atoms with E-state index in [2.05, 4.69) is 4.98 Å². The fourth-order valence-electron chi connectivity index (χ4n) is 3.66. The molecule has 1 saturated heterocycles. The number of aliphatic hydroxyl groups is 1. The van der Waals surface area contributed by atoms with Gasteiger partial charge in [-0.05, 0) is 42.5 Å². The van der Waals surface area contributed by atoms with Crippen LogP contribution in [-0.4, -0.2) is 40.3 Å². The van der Waals surface area contributed by atoms with Gasteiger partial charge in [-0.2, -0.15) is 0 Å². The average molecular weight is 435 g/mol. The highest BCUT2D eigenvalue weighted by atomic mass is 16.6. The Balaban J connectivity index is 0.000000416. The summed E-state index contributed by atoms with van der Waals surface area (Å²) in [7, 11) is 0. The summed E-state index contributed by atoms with van der Waals surface area (Å²) in [6.45, 7) is 2.75. The molecule has 0 bridgehead atoms. The van der Waals surface area contributed by atoms with E-state index in [1.165, 1.54) is 0 Å². The van der Waals surface area contributed by atoms with Gasteiger partial charge in [-0.25, -0.2) is 4.79 Å². The highest BCUT2D eigenvalue weighted by Crippen LogP contribution is 2.28. The van der Waals surface area contributed by atoms with Gasteiger partial charge in [0.1, 0.15) is 6.10 Å². The van der Waals surface area contributed by atoms with E-state index in [-0.39, 0.29) is 30.4 Å². The number of aromatic nitrogens is 1. The van der Waals surface area contributed by atoms with E-state index >= 15 is 0 Å². The molecule has 1 amide bonds. The van der Waals surface area contributed by atoms with Crippen molar-refractivity contribution in [3.63, 3.8) is 0 Å². The number of nitrogens with one attached hydrogen (secondary N) is 1. The number of amides is 1. The van der Waals surface area contributed by atoms with E-state index in [0.717, 1.165) is 23.1 Å². The zero-order valence-electron chi connectivity index (χ0n) is 18.3. The number of aromatic amines is 1. The first-order chi connectivity index (χ1) is 15.6. The van der Waals surface area contributed by atoms with Gasteiger partial charge in [0.05, 0.1) is 6.04 Å². The predicted octanol–water partition coefficient (Wildman–Crippen LogP) is 4.77. The van der Waals surface area contributed by atoms with Crippen molar-refractivity contribution < 1.29 is 14.6 Å². The number of aliphatic hydroxyl groups excluding tert-OH is 1. The SMILES string of the molecule is CC(c1ccc(-c2cc[nH]c(=O)c2)cc1)N1CCC(CCCO)OC1=O.c1ccccc1. The van der Waals surface area contributed by atoms with Crippen molar-refractivity contribution in [1.82, 2.24) is 9.88 Å². The standard InChI is InChI=1S/C20H24N2O4.C6H6/c1-14(22-11-9-18(3-2-12-23)26-20(22)25)15-4-6-16(7-5-15)17-8-10-21-19(24)13-17;1-2-4-6-5-3-1/h4-8,10,13-14,18,23H,2-3,9,11-12H2,1H3,(H,21,24);1-6H. The third kappa shape index (κ3) is 6.56. The van der Waals surface area contributed by atoms with Gasteiger partial charge < -0.3 is 19.7 Å². The smallest absolute Gasteiger partial charge is 0.410 e. The maximum atomic E-state index is 12.3. The number of pyridine rings is 1. The summed E-state index contributed by atoms with van der Waals surface area (Å²) < 4.78 is 5.49.